The van der Waals surface area contributed by atoms with Crippen LogP contribution < -0.4 is 10.1 Å². The molecule has 0 radical (unpaired) electrons. The number of amides is 1. The summed E-state index contributed by atoms with van der Waals surface area (Å²) in [5.74, 6) is 0.874. The lowest BCUT2D eigenvalue weighted by molar-refractivity contribution is 0.0636. The number of carbonyl (C=O) groups is 1. The minimum absolute atomic E-state index is 0.172. The minimum atomic E-state index is -0.585. The number of aromatic hydroxyl groups is 1. The monoisotopic (exact) mass is 499 g/mol. The van der Waals surface area contributed by atoms with Crippen molar-refractivity contribution in [1.82, 2.24) is 0 Å². The molecule has 0 heterocycles. The molecule has 0 saturated heterocycles. The number of halogens is 1. The van der Waals surface area contributed by atoms with Crippen molar-refractivity contribution in [3.63, 3.8) is 0 Å². The normalized spacial score (nSPS) is 12.4. The highest BCUT2D eigenvalue weighted by Gasteiger charge is 2.21. The SMILES string of the molecule is COc1c(I)cc(NC(=O)OC(C)(C)C)cc1CC(OC)c1ccccc1O. The number of nitrogens with one attached hydrogen (secondary N) is 1. The molecule has 0 aromatic heterocycles. The number of phenols is 1. The molecule has 0 aliphatic rings. The van der Waals surface area contributed by atoms with Crippen molar-refractivity contribution in [2.45, 2.75) is 38.9 Å². The Labute approximate surface area is 179 Å². The summed E-state index contributed by atoms with van der Waals surface area (Å²) in [4.78, 5) is 12.1. The molecular weight excluding hydrogens is 473 g/mol. The second-order valence-corrected chi connectivity index (χ2v) is 8.43. The molecule has 2 aromatic carbocycles. The van der Waals surface area contributed by atoms with Crippen LogP contribution in [0.3, 0.4) is 0 Å². The lowest BCUT2D eigenvalue weighted by Crippen LogP contribution is -2.27. The van der Waals surface area contributed by atoms with Crippen LogP contribution in [0.1, 0.15) is 38.0 Å². The second-order valence-electron chi connectivity index (χ2n) is 7.26. The number of methoxy groups -OCH3 is 2. The highest BCUT2D eigenvalue weighted by Crippen LogP contribution is 2.35. The Balaban J connectivity index is 2.33. The van der Waals surface area contributed by atoms with Gasteiger partial charge in [0.2, 0.25) is 0 Å². The number of para-hydroxylation sites is 1. The number of anilines is 1. The van der Waals surface area contributed by atoms with E-state index in [0.717, 1.165) is 9.13 Å². The standard InChI is InChI=1S/C21H26INO5/c1-21(2,3)28-20(25)23-14-10-13(19(27-5)16(22)12-14)11-18(26-4)15-8-6-7-9-17(15)24/h6-10,12,18,24H,11H2,1-5H3,(H,23,25). The van der Waals surface area contributed by atoms with Crippen molar-refractivity contribution in [3.8, 4) is 11.5 Å². The average Bonchev–Trinajstić information content (AvgIpc) is 2.58. The lowest BCUT2D eigenvalue weighted by Gasteiger charge is -2.21. The first kappa shape index (κ1) is 22.3. The van der Waals surface area contributed by atoms with E-state index in [1.807, 2.05) is 45.0 Å². The predicted octanol–water partition coefficient (Wildman–Crippen LogP) is 5.28. The van der Waals surface area contributed by atoms with E-state index in [-0.39, 0.29) is 11.9 Å². The van der Waals surface area contributed by atoms with Crippen LogP contribution >= 0.6 is 22.6 Å². The molecule has 2 aromatic rings. The van der Waals surface area contributed by atoms with Gasteiger partial charge in [-0.1, -0.05) is 18.2 Å². The van der Waals surface area contributed by atoms with Crippen molar-refractivity contribution in [3.05, 3.63) is 51.1 Å². The van der Waals surface area contributed by atoms with Gasteiger partial charge in [-0.3, -0.25) is 5.32 Å². The second kappa shape index (κ2) is 9.47. The van der Waals surface area contributed by atoms with Gasteiger partial charge in [-0.25, -0.2) is 4.79 Å². The van der Waals surface area contributed by atoms with Gasteiger partial charge in [0.25, 0.3) is 0 Å². The van der Waals surface area contributed by atoms with E-state index in [9.17, 15) is 9.90 Å². The smallest absolute Gasteiger partial charge is 0.412 e. The number of benzene rings is 2. The molecule has 152 valence electrons. The molecule has 0 saturated carbocycles. The Hall–Kier alpha value is -2.00. The third-order valence-electron chi connectivity index (χ3n) is 3.94. The molecule has 2 N–H and O–H groups in total. The van der Waals surface area contributed by atoms with E-state index in [4.69, 9.17) is 14.2 Å². The molecule has 2 rings (SSSR count). The maximum atomic E-state index is 12.1. The van der Waals surface area contributed by atoms with Crippen molar-refractivity contribution >= 4 is 34.4 Å². The van der Waals surface area contributed by atoms with Crippen LogP contribution in [0.5, 0.6) is 11.5 Å². The zero-order valence-corrected chi connectivity index (χ0v) is 18.9. The van der Waals surface area contributed by atoms with Crippen molar-refractivity contribution in [2.24, 2.45) is 0 Å². The third kappa shape index (κ3) is 6.00. The molecule has 1 unspecified atom stereocenters. The van der Waals surface area contributed by atoms with Crippen LogP contribution in [0.2, 0.25) is 0 Å². The number of hydrogen-bond donors (Lipinski definition) is 2. The first-order chi connectivity index (χ1) is 13.1. The summed E-state index contributed by atoms with van der Waals surface area (Å²) in [7, 11) is 3.20. The summed E-state index contributed by atoms with van der Waals surface area (Å²) in [6, 6.07) is 10.7. The number of phenolic OH excluding ortho intramolecular Hbond substituents is 1. The summed E-state index contributed by atoms with van der Waals surface area (Å²) in [5, 5.41) is 12.9. The van der Waals surface area contributed by atoms with Gasteiger partial charge in [-0.15, -0.1) is 0 Å². The Morgan fingerprint density at radius 2 is 1.89 bits per heavy atom. The largest absolute Gasteiger partial charge is 0.508 e. The highest BCUT2D eigenvalue weighted by molar-refractivity contribution is 14.1. The number of hydrogen-bond acceptors (Lipinski definition) is 5. The molecule has 1 atom stereocenters. The Kier molecular flexibility index (Phi) is 7.54. The van der Waals surface area contributed by atoms with Gasteiger partial charge < -0.3 is 19.3 Å². The Morgan fingerprint density at radius 3 is 2.46 bits per heavy atom. The van der Waals surface area contributed by atoms with Crippen LogP contribution in [0, 0.1) is 3.57 Å². The first-order valence-corrected chi connectivity index (χ1v) is 9.89. The fraction of sp³-hybridized carbons (Fsp3) is 0.381. The topological polar surface area (TPSA) is 77.0 Å². The summed E-state index contributed by atoms with van der Waals surface area (Å²) in [5.41, 5.74) is 1.54. The summed E-state index contributed by atoms with van der Waals surface area (Å²) < 4.78 is 17.3. The van der Waals surface area contributed by atoms with Gasteiger partial charge in [0, 0.05) is 30.3 Å². The average molecular weight is 499 g/mol. The fourth-order valence-electron chi connectivity index (χ4n) is 2.80. The van der Waals surface area contributed by atoms with Gasteiger partial charge >= 0.3 is 6.09 Å². The van der Waals surface area contributed by atoms with E-state index >= 15 is 0 Å². The third-order valence-corrected chi connectivity index (χ3v) is 4.74. The highest BCUT2D eigenvalue weighted by atomic mass is 127. The van der Waals surface area contributed by atoms with Crippen LogP contribution in [-0.4, -0.2) is 31.0 Å². The van der Waals surface area contributed by atoms with Gasteiger partial charge in [-0.2, -0.15) is 0 Å². The van der Waals surface area contributed by atoms with Gasteiger partial charge in [0.15, 0.2) is 0 Å². The Bertz CT molecular complexity index is 832. The molecule has 0 aliphatic carbocycles. The molecule has 0 spiro atoms. The summed E-state index contributed by atoms with van der Waals surface area (Å²) in [6.07, 6.45) is -0.442. The molecule has 6 nitrogen and oxygen atoms in total. The van der Waals surface area contributed by atoms with E-state index in [2.05, 4.69) is 27.9 Å². The Morgan fingerprint density at radius 1 is 1.21 bits per heavy atom. The number of ether oxygens (including phenoxy) is 3. The van der Waals surface area contributed by atoms with Gasteiger partial charge in [0.1, 0.15) is 17.1 Å². The van der Waals surface area contributed by atoms with Gasteiger partial charge in [-0.05, 0) is 61.6 Å². The number of carbonyl (C=O) groups excluding carboxylic acids is 1. The first-order valence-electron chi connectivity index (χ1n) is 8.81. The maximum absolute atomic E-state index is 12.1. The molecular formula is C21H26INO5. The van der Waals surface area contributed by atoms with E-state index in [0.29, 0.717) is 23.4 Å². The zero-order chi connectivity index (χ0) is 20.9. The van der Waals surface area contributed by atoms with E-state index < -0.39 is 11.7 Å². The lowest BCUT2D eigenvalue weighted by atomic mass is 9.99. The van der Waals surface area contributed by atoms with E-state index in [1.54, 1.807) is 26.4 Å². The molecule has 28 heavy (non-hydrogen) atoms. The van der Waals surface area contributed by atoms with Crippen molar-refractivity contribution < 1.29 is 24.1 Å². The molecule has 0 aliphatic heterocycles. The van der Waals surface area contributed by atoms with Crippen molar-refractivity contribution in [2.75, 3.05) is 19.5 Å². The van der Waals surface area contributed by atoms with Crippen molar-refractivity contribution in [1.29, 1.82) is 0 Å². The maximum Gasteiger partial charge on any atom is 0.412 e. The number of rotatable bonds is 6. The zero-order valence-electron chi connectivity index (χ0n) is 16.7. The van der Waals surface area contributed by atoms with Crippen LogP contribution in [0.25, 0.3) is 0 Å². The van der Waals surface area contributed by atoms with E-state index in [1.165, 1.54) is 0 Å². The van der Waals surface area contributed by atoms with Crippen LogP contribution in [0.4, 0.5) is 10.5 Å². The molecule has 0 bridgehead atoms. The fourth-order valence-corrected chi connectivity index (χ4v) is 3.71. The molecule has 7 heteroatoms. The van der Waals surface area contributed by atoms with Gasteiger partial charge in [0.05, 0.1) is 16.8 Å². The summed E-state index contributed by atoms with van der Waals surface area (Å²) >= 11 is 2.16. The van der Waals surface area contributed by atoms with Crippen LogP contribution in [0.15, 0.2) is 36.4 Å². The predicted molar refractivity (Wildman–Crippen MR) is 117 cm³/mol. The summed E-state index contributed by atoms with van der Waals surface area (Å²) in [6.45, 7) is 5.43. The van der Waals surface area contributed by atoms with Crippen LogP contribution in [-0.2, 0) is 15.9 Å². The molecule has 1 amide bonds. The minimum Gasteiger partial charge on any atom is -0.508 e. The quantitative estimate of drug-likeness (QED) is 0.529. The molecule has 0 fully saturated rings.